The Morgan fingerprint density at radius 1 is 1.17 bits per heavy atom. The van der Waals surface area contributed by atoms with E-state index in [4.69, 9.17) is 11.6 Å². The first kappa shape index (κ1) is 21.3. The molecule has 1 fully saturated rings. The van der Waals surface area contributed by atoms with Crippen molar-refractivity contribution in [1.29, 1.82) is 0 Å². The van der Waals surface area contributed by atoms with E-state index in [-0.39, 0.29) is 11.7 Å². The molecule has 30 heavy (non-hydrogen) atoms. The fourth-order valence-corrected chi connectivity index (χ4v) is 5.44. The third kappa shape index (κ3) is 5.01. The van der Waals surface area contributed by atoms with Gasteiger partial charge in [0.15, 0.2) is 11.0 Å². The van der Waals surface area contributed by atoms with Gasteiger partial charge in [0.25, 0.3) is 0 Å². The fraction of sp³-hybridized carbons (Fsp3) is 0.450. The average molecular weight is 463 g/mol. The van der Waals surface area contributed by atoms with Crippen LogP contribution in [0.1, 0.15) is 50.0 Å². The molecule has 1 aliphatic rings. The molecular weight excluding hydrogens is 440 g/mol. The van der Waals surface area contributed by atoms with Crippen LogP contribution in [0.25, 0.3) is 11.4 Å². The lowest BCUT2D eigenvalue weighted by Crippen LogP contribution is -2.14. The van der Waals surface area contributed by atoms with Gasteiger partial charge in [0.05, 0.1) is 5.75 Å². The Morgan fingerprint density at radius 2 is 1.93 bits per heavy atom. The summed E-state index contributed by atoms with van der Waals surface area (Å²) in [6.45, 7) is 2.73. The predicted octanol–water partition coefficient (Wildman–Crippen LogP) is 5.25. The van der Waals surface area contributed by atoms with E-state index in [9.17, 15) is 4.79 Å². The fourth-order valence-electron chi connectivity index (χ4n) is 3.58. The lowest BCUT2D eigenvalue weighted by atomic mass is 9.90. The number of hydrogen-bond donors (Lipinski definition) is 1. The smallest absolute Gasteiger partial charge is 0.236 e. The van der Waals surface area contributed by atoms with Gasteiger partial charge in [-0.15, -0.1) is 20.4 Å². The molecule has 0 aliphatic heterocycles. The number of rotatable bonds is 7. The Hall–Kier alpha value is -1.97. The van der Waals surface area contributed by atoms with Crippen LogP contribution in [0.3, 0.4) is 0 Å². The van der Waals surface area contributed by atoms with Crippen LogP contribution in [-0.4, -0.2) is 36.6 Å². The van der Waals surface area contributed by atoms with Gasteiger partial charge in [-0.1, -0.05) is 54.0 Å². The number of carbonyl (C=O) groups excluding carboxylic acids is 1. The van der Waals surface area contributed by atoms with E-state index in [1.807, 2.05) is 35.8 Å². The van der Waals surface area contributed by atoms with Crippen LogP contribution in [0.5, 0.6) is 0 Å². The maximum absolute atomic E-state index is 12.4. The van der Waals surface area contributed by atoms with Crippen molar-refractivity contribution in [2.45, 2.75) is 56.6 Å². The minimum absolute atomic E-state index is 0.120. The highest BCUT2D eigenvalue weighted by molar-refractivity contribution is 7.99. The summed E-state index contributed by atoms with van der Waals surface area (Å²) in [5.41, 5.74) is 0.939. The summed E-state index contributed by atoms with van der Waals surface area (Å²) in [5.74, 6) is 1.37. The van der Waals surface area contributed by atoms with Gasteiger partial charge in [0.1, 0.15) is 5.01 Å². The van der Waals surface area contributed by atoms with Crippen molar-refractivity contribution in [3.63, 3.8) is 0 Å². The van der Waals surface area contributed by atoms with Crippen LogP contribution in [0.2, 0.25) is 5.02 Å². The number of thioether (sulfide) groups is 1. The Morgan fingerprint density at radius 3 is 2.67 bits per heavy atom. The molecular formula is C20H23ClN6OS2. The number of carbonyl (C=O) groups is 1. The van der Waals surface area contributed by atoms with Gasteiger partial charge in [-0.3, -0.25) is 10.1 Å². The third-order valence-corrected chi connectivity index (χ3v) is 7.33. The van der Waals surface area contributed by atoms with E-state index < -0.39 is 0 Å². The van der Waals surface area contributed by atoms with Crippen molar-refractivity contribution < 1.29 is 4.79 Å². The standard InChI is InChI=1S/C20H23ClN6OS2/c1-2-27-17(13-8-10-15(21)11-9-13)23-26-20(27)29-12-16(28)22-19-25-24-18(30-19)14-6-4-3-5-7-14/h8-11,14H,2-7,12H2,1H3,(H,22,25,28). The van der Waals surface area contributed by atoms with Crippen molar-refractivity contribution in [2.24, 2.45) is 0 Å². The summed E-state index contributed by atoms with van der Waals surface area (Å²) < 4.78 is 1.99. The summed E-state index contributed by atoms with van der Waals surface area (Å²) in [5, 5.41) is 22.9. The monoisotopic (exact) mass is 462 g/mol. The SMILES string of the molecule is CCn1c(SCC(=O)Nc2nnc(C3CCCCC3)s2)nnc1-c1ccc(Cl)cc1. The van der Waals surface area contributed by atoms with Crippen LogP contribution in [0, 0.1) is 0 Å². The Bertz CT molecular complexity index is 997. The molecule has 0 spiro atoms. The molecule has 2 heterocycles. The van der Waals surface area contributed by atoms with E-state index >= 15 is 0 Å². The molecule has 0 saturated heterocycles. The molecule has 1 aliphatic carbocycles. The number of benzene rings is 1. The lowest BCUT2D eigenvalue weighted by molar-refractivity contribution is -0.113. The normalized spacial score (nSPS) is 14.7. The number of nitrogens with one attached hydrogen (secondary N) is 1. The van der Waals surface area contributed by atoms with Crippen molar-refractivity contribution in [1.82, 2.24) is 25.0 Å². The molecule has 10 heteroatoms. The number of aromatic nitrogens is 5. The van der Waals surface area contributed by atoms with Crippen molar-refractivity contribution in [3.8, 4) is 11.4 Å². The van der Waals surface area contributed by atoms with Gasteiger partial charge in [-0.25, -0.2) is 0 Å². The zero-order chi connectivity index (χ0) is 20.9. The molecule has 0 radical (unpaired) electrons. The van der Waals surface area contributed by atoms with E-state index in [0.29, 0.717) is 27.8 Å². The van der Waals surface area contributed by atoms with Crippen LogP contribution >= 0.6 is 34.7 Å². The van der Waals surface area contributed by atoms with E-state index in [1.54, 1.807) is 0 Å². The molecule has 3 aromatic rings. The summed E-state index contributed by atoms with van der Waals surface area (Å²) in [6, 6.07) is 7.49. The van der Waals surface area contributed by atoms with Gasteiger partial charge >= 0.3 is 0 Å². The lowest BCUT2D eigenvalue weighted by Gasteiger charge is -2.18. The quantitative estimate of drug-likeness (QED) is 0.482. The zero-order valence-corrected chi connectivity index (χ0v) is 19.1. The number of halogens is 1. The average Bonchev–Trinajstić information content (AvgIpc) is 3.40. The molecule has 2 aromatic heterocycles. The summed E-state index contributed by atoms with van der Waals surface area (Å²) in [4.78, 5) is 12.4. The number of anilines is 1. The maximum atomic E-state index is 12.4. The molecule has 1 aromatic carbocycles. The predicted molar refractivity (Wildman–Crippen MR) is 121 cm³/mol. The highest BCUT2D eigenvalue weighted by Gasteiger charge is 2.20. The highest BCUT2D eigenvalue weighted by Crippen LogP contribution is 2.35. The molecule has 7 nitrogen and oxygen atoms in total. The zero-order valence-electron chi connectivity index (χ0n) is 16.7. The van der Waals surface area contributed by atoms with Gasteiger partial charge in [-0.2, -0.15) is 0 Å². The minimum Gasteiger partial charge on any atom is -0.302 e. The molecule has 0 unspecified atom stereocenters. The second kappa shape index (κ2) is 9.89. The van der Waals surface area contributed by atoms with Crippen LogP contribution in [0.15, 0.2) is 29.4 Å². The minimum atomic E-state index is -0.120. The Kier molecular flexibility index (Phi) is 7.01. The summed E-state index contributed by atoms with van der Waals surface area (Å²) in [6.07, 6.45) is 6.14. The molecule has 1 saturated carbocycles. The topological polar surface area (TPSA) is 85.6 Å². The van der Waals surface area contributed by atoms with Crippen molar-refractivity contribution in [3.05, 3.63) is 34.3 Å². The molecule has 0 bridgehead atoms. The first-order chi connectivity index (χ1) is 14.6. The van der Waals surface area contributed by atoms with E-state index in [1.165, 1.54) is 55.2 Å². The van der Waals surface area contributed by atoms with Gasteiger partial charge < -0.3 is 4.57 Å². The number of hydrogen-bond acceptors (Lipinski definition) is 7. The second-order valence-corrected chi connectivity index (χ2v) is 9.56. The second-order valence-electron chi connectivity index (χ2n) is 7.17. The molecule has 1 N–H and O–H groups in total. The van der Waals surface area contributed by atoms with E-state index in [0.717, 1.165) is 16.4 Å². The summed E-state index contributed by atoms with van der Waals surface area (Å²) in [7, 11) is 0. The number of nitrogens with zero attached hydrogens (tertiary/aromatic N) is 5. The van der Waals surface area contributed by atoms with Gasteiger partial charge in [-0.05, 0) is 44.0 Å². The van der Waals surface area contributed by atoms with Crippen molar-refractivity contribution in [2.75, 3.05) is 11.1 Å². The highest BCUT2D eigenvalue weighted by atomic mass is 35.5. The first-order valence-electron chi connectivity index (χ1n) is 10.1. The number of amides is 1. The maximum Gasteiger partial charge on any atom is 0.236 e. The van der Waals surface area contributed by atoms with Crippen LogP contribution < -0.4 is 5.32 Å². The third-order valence-electron chi connectivity index (χ3n) is 5.11. The molecule has 0 atom stereocenters. The largest absolute Gasteiger partial charge is 0.302 e. The van der Waals surface area contributed by atoms with Crippen LogP contribution in [-0.2, 0) is 11.3 Å². The van der Waals surface area contributed by atoms with Gasteiger partial charge in [0, 0.05) is 23.0 Å². The Labute approximate surface area is 188 Å². The first-order valence-corrected chi connectivity index (χ1v) is 12.3. The van der Waals surface area contributed by atoms with Gasteiger partial charge in [0.2, 0.25) is 11.0 Å². The Balaban J connectivity index is 1.36. The molecule has 158 valence electrons. The summed E-state index contributed by atoms with van der Waals surface area (Å²) >= 11 is 8.83. The molecule has 1 amide bonds. The van der Waals surface area contributed by atoms with E-state index in [2.05, 4.69) is 25.7 Å². The van der Waals surface area contributed by atoms with Crippen LogP contribution in [0.4, 0.5) is 5.13 Å². The molecule has 4 rings (SSSR count). The van der Waals surface area contributed by atoms with Crippen molar-refractivity contribution >= 4 is 45.7 Å².